The van der Waals surface area contributed by atoms with Crippen LogP contribution in [-0.4, -0.2) is 116 Å². The summed E-state index contributed by atoms with van der Waals surface area (Å²) in [5.41, 5.74) is 24.0. The van der Waals surface area contributed by atoms with Gasteiger partial charge in [0.2, 0.25) is 0 Å². The summed E-state index contributed by atoms with van der Waals surface area (Å²) in [6, 6.07) is 11.2. The molecule has 0 aliphatic carbocycles. The SMILES string of the molecule is CC(C)N1[C@@H]2CC[C@H]1CC(N)C2.CC(C)N1[C@@H]2CC[C@H]1CC(N)C2.CC(C)N1[C@@H]2CC[C@H]1CC(N)C2.CC(C)N1[C@@H]2CC[C@H]1CC(N)C2. The van der Waals surface area contributed by atoms with Gasteiger partial charge in [-0.1, -0.05) is 0 Å². The molecule has 48 heavy (non-hydrogen) atoms. The van der Waals surface area contributed by atoms with Crippen molar-refractivity contribution in [2.45, 2.75) is 255 Å². The van der Waals surface area contributed by atoms with Gasteiger partial charge >= 0.3 is 0 Å². The molecule has 8 aliphatic rings. The van der Waals surface area contributed by atoms with Crippen molar-refractivity contribution in [2.24, 2.45) is 22.9 Å². The molecule has 8 rings (SSSR count). The van der Waals surface area contributed by atoms with Gasteiger partial charge in [0.1, 0.15) is 0 Å². The molecule has 12 atom stereocenters. The average molecular weight is 673 g/mol. The second kappa shape index (κ2) is 17.0. The summed E-state index contributed by atoms with van der Waals surface area (Å²) in [6.45, 7) is 18.5. The molecule has 0 aromatic heterocycles. The second-order valence-electron chi connectivity index (χ2n) is 18.6. The Bertz CT molecular complexity index is 765. The Kier molecular flexibility index (Phi) is 13.8. The van der Waals surface area contributed by atoms with E-state index in [0.29, 0.717) is 24.2 Å². The lowest BCUT2D eigenvalue weighted by Gasteiger charge is -2.40. The number of hydrogen-bond donors (Lipinski definition) is 4. The van der Waals surface area contributed by atoms with E-state index in [-0.39, 0.29) is 0 Å². The Morgan fingerprint density at radius 3 is 0.521 bits per heavy atom. The third kappa shape index (κ3) is 9.18. The zero-order valence-corrected chi connectivity index (χ0v) is 32.6. The van der Waals surface area contributed by atoms with Crippen LogP contribution in [0.1, 0.15) is 158 Å². The molecule has 8 heteroatoms. The molecule has 0 aromatic rings. The van der Waals surface area contributed by atoms with Crippen molar-refractivity contribution in [3.63, 3.8) is 0 Å². The molecule has 0 radical (unpaired) electrons. The molecule has 8 aliphatic heterocycles. The van der Waals surface area contributed by atoms with Crippen LogP contribution in [0.4, 0.5) is 0 Å². The van der Waals surface area contributed by atoms with Crippen molar-refractivity contribution in [3.05, 3.63) is 0 Å². The van der Waals surface area contributed by atoms with E-state index in [1.807, 2.05) is 0 Å². The van der Waals surface area contributed by atoms with E-state index in [2.05, 4.69) is 75.0 Å². The minimum absolute atomic E-state index is 0.484. The minimum atomic E-state index is 0.484. The highest BCUT2D eigenvalue weighted by Gasteiger charge is 2.43. The maximum absolute atomic E-state index is 5.99. The van der Waals surface area contributed by atoms with Gasteiger partial charge in [-0.2, -0.15) is 0 Å². The van der Waals surface area contributed by atoms with Crippen LogP contribution in [0.15, 0.2) is 0 Å². The third-order valence-electron chi connectivity index (χ3n) is 13.7. The molecular weight excluding hydrogens is 592 g/mol. The molecule has 0 aromatic carbocycles. The van der Waals surface area contributed by atoms with Crippen molar-refractivity contribution >= 4 is 0 Å². The first kappa shape index (κ1) is 38.9. The van der Waals surface area contributed by atoms with Crippen molar-refractivity contribution in [2.75, 3.05) is 0 Å². The summed E-state index contributed by atoms with van der Waals surface area (Å²) in [4.78, 5) is 10.7. The highest BCUT2D eigenvalue weighted by molar-refractivity contribution is 5.00. The Morgan fingerprint density at radius 2 is 0.417 bits per heavy atom. The topological polar surface area (TPSA) is 117 Å². The van der Waals surface area contributed by atoms with E-state index < -0.39 is 0 Å². The van der Waals surface area contributed by atoms with Crippen molar-refractivity contribution in [1.29, 1.82) is 0 Å². The average Bonchev–Trinajstić information content (AvgIpc) is 3.65. The van der Waals surface area contributed by atoms with Crippen molar-refractivity contribution in [1.82, 2.24) is 19.6 Å². The summed E-state index contributed by atoms with van der Waals surface area (Å²) >= 11 is 0. The molecule has 8 nitrogen and oxygen atoms in total. The van der Waals surface area contributed by atoms with Crippen LogP contribution in [-0.2, 0) is 0 Å². The summed E-state index contributed by atoms with van der Waals surface area (Å²) in [5.74, 6) is 0. The van der Waals surface area contributed by atoms with Crippen molar-refractivity contribution < 1.29 is 0 Å². The number of hydrogen-bond acceptors (Lipinski definition) is 8. The van der Waals surface area contributed by atoms with Crippen LogP contribution >= 0.6 is 0 Å². The van der Waals surface area contributed by atoms with E-state index >= 15 is 0 Å². The number of nitrogens with zero attached hydrogens (tertiary/aromatic N) is 4. The van der Waals surface area contributed by atoms with E-state index in [1.54, 1.807) is 0 Å². The van der Waals surface area contributed by atoms with Gasteiger partial charge in [-0.25, -0.2) is 0 Å². The summed E-state index contributed by atoms with van der Waals surface area (Å²) in [7, 11) is 0. The van der Waals surface area contributed by atoms with Crippen LogP contribution in [0, 0.1) is 0 Å². The Morgan fingerprint density at radius 1 is 0.292 bits per heavy atom. The van der Waals surface area contributed by atoms with Crippen molar-refractivity contribution in [3.8, 4) is 0 Å². The molecule has 8 heterocycles. The van der Waals surface area contributed by atoms with Crippen LogP contribution in [0.25, 0.3) is 0 Å². The monoisotopic (exact) mass is 673 g/mol. The minimum Gasteiger partial charge on any atom is -0.328 e. The highest BCUT2D eigenvalue weighted by Crippen LogP contribution is 2.39. The second-order valence-corrected chi connectivity index (χ2v) is 18.6. The van der Waals surface area contributed by atoms with Gasteiger partial charge in [0.05, 0.1) is 0 Å². The molecule has 8 bridgehead atoms. The summed E-state index contributed by atoms with van der Waals surface area (Å²) in [5, 5.41) is 0. The van der Waals surface area contributed by atoms with Gasteiger partial charge in [0.15, 0.2) is 0 Å². The van der Waals surface area contributed by atoms with Gasteiger partial charge < -0.3 is 22.9 Å². The quantitative estimate of drug-likeness (QED) is 0.314. The maximum atomic E-state index is 5.99. The lowest BCUT2D eigenvalue weighted by Crippen LogP contribution is -2.50. The largest absolute Gasteiger partial charge is 0.328 e. The standard InChI is InChI=1S/4C10H20N2/c4*1-7(2)12-9-3-4-10(12)6-8(11)5-9/h4*7-10H,3-6,11H2,1-2H3/t4*8?,9-,10+. The van der Waals surface area contributed by atoms with Gasteiger partial charge in [-0.3, -0.25) is 19.6 Å². The summed E-state index contributed by atoms with van der Waals surface area (Å²) < 4.78 is 0. The zero-order chi connectivity index (χ0) is 34.9. The lowest BCUT2D eigenvalue weighted by molar-refractivity contribution is 0.0936. The normalized spacial score (nSPS) is 42.5. The maximum Gasteiger partial charge on any atom is 0.0116 e. The van der Waals surface area contributed by atoms with E-state index in [0.717, 1.165) is 72.5 Å². The van der Waals surface area contributed by atoms with Crippen LogP contribution in [0.5, 0.6) is 0 Å². The van der Waals surface area contributed by atoms with Gasteiger partial charge in [-0.15, -0.1) is 0 Å². The Balaban J connectivity index is 0.000000125. The van der Waals surface area contributed by atoms with Gasteiger partial charge in [0, 0.05) is 96.7 Å². The Labute approximate surface area is 296 Å². The zero-order valence-electron chi connectivity index (χ0n) is 32.6. The number of rotatable bonds is 4. The fraction of sp³-hybridized carbons (Fsp3) is 1.00. The Hall–Kier alpha value is -0.320. The van der Waals surface area contributed by atoms with Crippen LogP contribution in [0.3, 0.4) is 0 Å². The van der Waals surface area contributed by atoms with Crippen LogP contribution < -0.4 is 22.9 Å². The van der Waals surface area contributed by atoms with Gasteiger partial charge in [-0.05, 0) is 158 Å². The molecule has 0 saturated carbocycles. The third-order valence-corrected chi connectivity index (χ3v) is 13.7. The lowest BCUT2D eigenvalue weighted by atomic mass is 9.97. The molecule has 8 saturated heterocycles. The first-order chi connectivity index (χ1) is 22.7. The smallest absolute Gasteiger partial charge is 0.0116 e. The molecule has 0 amide bonds. The predicted octanol–water partition coefficient (Wildman–Crippen LogP) is 5.40. The van der Waals surface area contributed by atoms with Crippen LogP contribution in [0.2, 0.25) is 0 Å². The van der Waals surface area contributed by atoms with E-state index in [1.165, 1.54) is 103 Å². The molecular formula is C40H80N8. The molecule has 0 spiro atoms. The molecule has 8 N–H and O–H groups in total. The predicted molar refractivity (Wildman–Crippen MR) is 204 cm³/mol. The first-order valence-corrected chi connectivity index (χ1v) is 20.8. The molecule has 4 unspecified atom stereocenters. The fourth-order valence-corrected chi connectivity index (χ4v) is 12.4. The number of nitrogens with two attached hydrogens (primary N) is 4. The van der Waals surface area contributed by atoms with E-state index in [9.17, 15) is 0 Å². The highest BCUT2D eigenvalue weighted by atomic mass is 15.3. The number of piperidine rings is 4. The molecule has 280 valence electrons. The first-order valence-electron chi connectivity index (χ1n) is 20.8. The molecule has 8 fully saturated rings. The fourth-order valence-electron chi connectivity index (χ4n) is 12.4. The van der Waals surface area contributed by atoms with E-state index in [4.69, 9.17) is 22.9 Å². The number of fused-ring (bicyclic) bond motifs is 8. The van der Waals surface area contributed by atoms with Gasteiger partial charge in [0.25, 0.3) is 0 Å². The summed E-state index contributed by atoms with van der Waals surface area (Å²) in [6.07, 6.45) is 20.9.